The van der Waals surface area contributed by atoms with Crippen LogP contribution in [0.4, 0.5) is 0 Å². The molecule has 1 aromatic heterocycles. The van der Waals surface area contributed by atoms with Crippen LogP contribution in [0.3, 0.4) is 0 Å². The van der Waals surface area contributed by atoms with Crippen molar-refractivity contribution in [3.8, 4) is 11.5 Å². The lowest BCUT2D eigenvalue weighted by Gasteiger charge is -2.31. The third-order valence-electron chi connectivity index (χ3n) is 6.71. The van der Waals surface area contributed by atoms with Crippen LogP contribution in [0.5, 0.6) is 11.5 Å². The molecule has 1 aliphatic heterocycles. The Morgan fingerprint density at radius 2 is 1.92 bits per heavy atom. The maximum Gasteiger partial charge on any atom is 0.329 e. The Morgan fingerprint density at radius 3 is 2.61 bits per heavy atom. The predicted molar refractivity (Wildman–Crippen MR) is 141 cm³/mol. The Labute approximate surface area is 224 Å². The van der Waals surface area contributed by atoms with E-state index in [0.717, 1.165) is 32.1 Å². The summed E-state index contributed by atoms with van der Waals surface area (Å²) in [6.45, 7) is 5.51. The molecule has 206 valence electrons. The minimum absolute atomic E-state index is 0.0349. The minimum Gasteiger partial charge on any atom is -0.493 e. The number of amides is 1. The molecule has 4 atom stereocenters. The molecule has 3 rings (SSSR count). The summed E-state index contributed by atoms with van der Waals surface area (Å²) in [4.78, 5) is 42.0. The van der Waals surface area contributed by atoms with Crippen LogP contribution < -0.4 is 14.8 Å². The van der Waals surface area contributed by atoms with Crippen molar-refractivity contribution in [2.75, 3.05) is 13.7 Å². The molecule has 38 heavy (non-hydrogen) atoms. The van der Waals surface area contributed by atoms with Crippen LogP contribution in [0, 0.1) is 5.92 Å². The fraction of sp³-hybridized carbons (Fsp3) is 0.517. The summed E-state index contributed by atoms with van der Waals surface area (Å²) in [6, 6.07) is 10.8. The molecule has 9 heteroatoms. The molecule has 9 nitrogen and oxygen atoms in total. The summed E-state index contributed by atoms with van der Waals surface area (Å²) >= 11 is 0. The molecule has 1 N–H and O–H groups in total. The number of ether oxygens (including phenoxy) is 4. The van der Waals surface area contributed by atoms with Crippen LogP contribution >= 0.6 is 0 Å². The number of aryl methyl sites for hydroxylation is 1. The monoisotopic (exact) mass is 526 g/mol. The lowest BCUT2D eigenvalue weighted by Crippen LogP contribution is -2.44. The third-order valence-corrected chi connectivity index (χ3v) is 6.71. The first-order chi connectivity index (χ1) is 18.3. The molecular formula is C29H38N2O7. The van der Waals surface area contributed by atoms with E-state index in [2.05, 4.69) is 29.4 Å². The fourth-order valence-electron chi connectivity index (χ4n) is 4.70. The van der Waals surface area contributed by atoms with Crippen molar-refractivity contribution in [3.63, 3.8) is 0 Å². The molecule has 0 saturated carbocycles. The Balaban J connectivity index is 1.76. The van der Waals surface area contributed by atoms with Gasteiger partial charge >= 0.3 is 11.9 Å². The van der Waals surface area contributed by atoms with E-state index in [1.807, 2.05) is 25.1 Å². The van der Waals surface area contributed by atoms with Gasteiger partial charge in [-0.3, -0.25) is 9.59 Å². The van der Waals surface area contributed by atoms with Crippen molar-refractivity contribution in [3.05, 3.63) is 53.9 Å². The molecule has 1 aromatic carbocycles. The minimum atomic E-state index is -0.956. The van der Waals surface area contributed by atoms with Crippen molar-refractivity contribution in [1.82, 2.24) is 10.3 Å². The molecule has 1 fully saturated rings. The van der Waals surface area contributed by atoms with Crippen LogP contribution in [0.15, 0.2) is 42.6 Å². The summed E-state index contributed by atoms with van der Waals surface area (Å²) in [5.74, 6) is -1.74. The Morgan fingerprint density at radius 1 is 1.16 bits per heavy atom. The predicted octanol–water partition coefficient (Wildman–Crippen LogP) is 4.27. The Hall–Kier alpha value is -3.46. The van der Waals surface area contributed by atoms with Crippen molar-refractivity contribution < 1.29 is 33.3 Å². The number of methoxy groups -OCH3 is 1. The SMILES string of the molecule is CCCC[C@H]1[C@H](C)OC(=O)[C@@H](NC(=O)c2nccc(OC)c2OC(C)=O)CCO[C@@H]1CCc1ccccc1. The third kappa shape index (κ3) is 8.02. The first-order valence-corrected chi connectivity index (χ1v) is 13.2. The van der Waals surface area contributed by atoms with Gasteiger partial charge in [0.15, 0.2) is 11.4 Å². The van der Waals surface area contributed by atoms with Gasteiger partial charge in [-0.05, 0) is 31.7 Å². The standard InChI is InChI=1S/C29H38N2O7/c1-5-6-12-22-19(2)37-29(34)23(16-18-36-24(22)14-13-21-10-8-7-9-11-21)31-28(33)26-27(38-20(3)32)25(35-4)15-17-30-26/h7-11,15,17,19,22-24H,5-6,12-14,16,18H2,1-4H3,(H,31,33)/t19-,22-,23-,24+/m0/s1. The zero-order chi connectivity index (χ0) is 27.5. The number of nitrogens with one attached hydrogen (secondary N) is 1. The number of carbonyl (C=O) groups excluding carboxylic acids is 3. The number of carbonyl (C=O) groups is 3. The second kappa shape index (κ2) is 14.5. The van der Waals surface area contributed by atoms with Gasteiger partial charge in [-0.1, -0.05) is 50.1 Å². The maximum absolute atomic E-state index is 13.2. The number of pyridine rings is 1. The zero-order valence-electron chi connectivity index (χ0n) is 22.6. The number of aromatic nitrogens is 1. The second-order valence-electron chi connectivity index (χ2n) is 9.48. The topological polar surface area (TPSA) is 113 Å². The van der Waals surface area contributed by atoms with Gasteiger partial charge in [0.1, 0.15) is 12.1 Å². The summed E-state index contributed by atoms with van der Waals surface area (Å²) in [5.41, 5.74) is 1.07. The number of unbranched alkanes of at least 4 members (excludes halogenated alkanes) is 1. The van der Waals surface area contributed by atoms with E-state index in [-0.39, 0.29) is 48.3 Å². The molecule has 1 aliphatic rings. The largest absolute Gasteiger partial charge is 0.493 e. The second-order valence-corrected chi connectivity index (χ2v) is 9.48. The van der Waals surface area contributed by atoms with Crippen molar-refractivity contribution in [2.24, 2.45) is 5.92 Å². The smallest absolute Gasteiger partial charge is 0.329 e. The van der Waals surface area contributed by atoms with Crippen molar-refractivity contribution in [2.45, 2.75) is 77.5 Å². The highest BCUT2D eigenvalue weighted by molar-refractivity contribution is 5.98. The van der Waals surface area contributed by atoms with Crippen LogP contribution in [0.25, 0.3) is 0 Å². The quantitative estimate of drug-likeness (QED) is 0.457. The normalized spacial score (nSPS) is 21.8. The number of nitrogens with zero attached hydrogens (tertiary/aromatic N) is 1. The average molecular weight is 527 g/mol. The maximum atomic E-state index is 13.2. The summed E-state index contributed by atoms with van der Waals surface area (Å²) < 4.78 is 22.6. The van der Waals surface area contributed by atoms with Gasteiger partial charge in [0.05, 0.1) is 13.2 Å². The van der Waals surface area contributed by atoms with Gasteiger partial charge in [0.25, 0.3) is 5.91 Å². The number of hydrogen-bond donors (Lipinski definition) is 1. The molecule has 0 unspecified atom stereocenters. The molecule has 0 radical (unpaired) electrons. The fourth-order valence-corrected chi connectivity index (χ4v) is 4.70. The first kappa shape index (κ1) is 29.1. The highest BCUT2D eigenvalue weighted by atomic mass is 16.6. The summed E-state index contributed by atoms with van der Waals surface area (Å²) in [6.07, 6.45) is 5.68. The van der Waals surface area contributed by atoms with Crippen LogP contribution in [-0.2, 0) is 25.5 Å². The van der Waals surface area contributed by atoms with E-state index in [1.54, 1.807) is 0 Å². The molecular weight excluding hydrogens is 488 g/mol. The molecule has 0 bridgehead atoms. The Kier molecular flexibility index (Phi) is 11.1. The van der Waals surface area contributed by atoms with Crippen LogP contribution in [0.1, 0.15) is 68.9 Å². The molecule has 1 amide bonds. The van der Waals surface area contributed by atoms with Crippen LogP contribution in [0.2, 0.25) is 0 Å². The molecule has 2 heterocycles. The van der Waals surface area contributed by atoms with E-state index in [1.165, 1.54) is 31.9 Å². The molecule has 0 aliphatic carbocycles. The van der Waals surface area contributed by atoms with E-state index in [0.29, 0.717) is 0 Å². The number of cyclic esters (lactones) is 1. The van der Waals surface area contributed by atoms with Gasteiger partial charge in [0, 0.05) is 38.1 Å². The molecule has 0 spiro atoms. The highest BCUT2D eigenvalue weighted by Crippen LogP contribution is 2.30. The molecule has 2 aromatic rings. The molecule has 1 saturated heterocycles. The van der Waals surface area contributed by atoms with E-state index in [4.69, 9.17) is 18.9 Å². The zero-order valence-corrected chi connectivity index (χ0v) is 22.6. The number of esters is 2. The first-order valence-electron chi connectivity index (χ1n) is 13.2. The van der Waals surface area contributed by atoms with E-state index >= 15 is 0 Å². The van der Waals surface area contributed by atoms with Gasteiger partial charge in [0.2, 0.25) is 5.75 Å². The summed E-state index contributed by atoms with van der Waals surface area (Å²) in [5, 5.41) is 2.69. The summed E-state index contributed by atoms with van der Waals surface area (Å²) in [7, 11) is 1.39. The number of hydrogen-bond acceptors (Lipinski definition) is 8. The van der Waals surface area contributed by atoms with E-state index in [9.17, 15) is 14.4 Å². The van der Waals surface area contributed by atoms with E-state index < -0.39 is 23.9 Å². The van der Waals surface area contributed by atoms with Crippen LogP contribution in [-0.4, -0.2) is 54.8 Å². The Bertz CT molecular complexity index is 1080. The van der Waals surface area contributed by atoms with Gasteiger partial charge in [-0.15, -0.1) is 0 Å². The van der Waals surface area contributed by atoms with Crippen molar-refractivity contribution >= 4 is 17.8 Å². The number of benzene rings is 1. The van der Waals surface area contributed by atoms with Gasteiger partial charge < -0.3 is 24.3 Å². The highest BCUT2D eigenvalue weighted by Gasteiger charge is 2.35. The average Bonchev–Trinajstić information content (AvgIpc) is 2.95. The van der Waals surface area contributed by atoms with Crippen molar-refractivity contribution in [1.29, 1.82) is 0 Å². The van der Waals surface area contributed by atoms with Gasteiger partial charge in [-0.25, -0.2) is 9.78 Å². The lowest BCUT2D eigenvalue weighted by atomic mass is 9.87. The number of rotatable bonds is 10. The lowest BCUT2D eigenvalue weighted by molar-refractivity contribution is -0.154. The van der Waals surface area contributed by atoms with Gasteiger partial charge in [-0.2, -0.15) is 0 Å².